The van der Waals surface area contributed by atoms with Crippen molar-refractivity contribution in [3.05, 3.63) is 52.3 Å². The summed E-state index contributed by atoms with van der Waals surface area (Å²) in [5.41, 5.74) is 5.68. The van der Waals surface area contributed by atoms with Crippen LogP contribution in [0, 0.1) is 5.82 Å². The molecule has 1 aromatic heterocycles. The Kier molecular flexibility index (Phi) is 4.14. The van der Waals surface area contributed by atoms with Crippen LogP contribution < -0.4 is 16.0 Å². The number of hydrogen-bond acceptors (Lipinski definition) is 4. The second-order valence-corrected chi connectivity index (χ2v) is 4.61. The predicted molar refractivity (Wildman–Crippen MR) is 73.2 cm³/mol. The van der Waals surface area contributed by atoms with Crippen LogP contribution in [0.4, 0.5) is 4.39 Å². The van der Waals surface area contributed by atoms with Gasteiger partial charge in [-0.15, -0.1) is 0 Å². The Balaban J connectivity index is 2.36. The molecule has 0 unspecified atom stereocenters. The molecular weight excluding hydrogens is 261 g/mol. The Hall–Kier alpha value is -2.21. The Labute approximate surface area is 115 Å². The van der Waals surface area contributed by atoms with E-state index >= 15 is 0 Å². The van der Waals surface area contributed by atoms with E-state index in [1.54, 1.807) is 12.3 Å². The quantitative estimate of drug-likeness (QED) is 0.930. The van der Waals surface area contributed by atoms with Crippen molar-refractivity contribution in [3.8, 4) is 11.6 Å². The summed E-state index contributed by atoms with van der Waals surface area (Å²) in [4.78, 5) is 15.9. The fraction of sp³-hybridized carbons (Fsp3) is 0.286. The molecule has 0 bridgehead atoms. The third-order valence-electron chi connectivity index (χ3n) is 2.83. The zero-order chi connectivity index (χ0) is 14.7. The number of halogens is 1. The molecule has 0 aliphatic heterocycles. The molecule has 0 atom stereocenters. The van der Waals surface area contributed by atoms with E-state index in [1.807, 2.05) is 13.8 Å². The minimum absolute atomic E-state index is 0.0303. The van der Waals surface area contributed by atoms with Crippen LogP contribution >= 0.6 is 0 Å². The molecular formula is C14H16FN3O2. The van der Waals surface area contributed by atoms with Gasteiger partial charge in [-0.3, -0.25) is 4.79 Å². The fourth-order valence-corrected chi connectivity index (χ4v) is 1.74. The zero-order valence-electron chi connectivity index (χ0n) is 11.3. The molecule has 2 aromatic rings. The van der Waals surface area contributed by atoms with Crippen LogP contribution in [0.1, 0.15) is 25.5 Å². The minimum atomic E-state index is -0.575. The average Bonchev–Trinajstić information content (AvgIpc) is 2.42. The molecule has 106 valence electrons. The highest BCUT2D eigenvalue weighted by Gasteiger charge is 2.12. The van der Waals surface area contributed by atoms with Crippen LogP contribution in [-0.4, -0.2) is 9.55 Å². The summed E-state index contributed by atoms with van der Waals surface area (Å²) >= 11 is 0. The monoisotopic (exact) mass is 277 g/mol. The number of rotatable bonds is 4. The van der Waals surface area contributed by atoms with Gasteiger partial charge >= 0.3 is 5.56 Å². The molecule has 2 rings (SSSR count). The number of benzene rings is 1. The Morgan fingerprint density at radius 1 is 1.45 bits per heavy atom. The highest BCUT2D eigenvalue weighted by atomic mass is 19.1. The van der Waals surface area contributed by atoms with Crippen LogP contribution in [0.5, 0.6) is 11.6 Å². The van der Waals surface area contributed by atoms with E-state index in [0.717, 1.165) is 0 Å². The van der Waals surface area contributed by atoms with Crippen molar-refractivity contribution >= 4 is 0 Å². The summed E-state index contributed by atoms with van der Waals surface area (Å²) in [7, 11) is 0. The van der Waals surface area contributed by atoms with E-state index in [1.165, 1.54) is 22.9 Å². The molecule has 0 amide bonds. The molecule has 2 N–H and O–H groups in total. The standard InChI is InChI=1S/C14H16FN3O2/c1-9(2)18-6-5-17-13(14(18)19)20-12-4-3-10(8-16)7-11(12)15/h3-7,9H,8,16H2,1-2H3. The van der Waals surface area contributed by atoms with Crippen LogP contribution in [0.3, 0.4) is 0 Å². The number of nitrogens with zero attached hydrogens (tertiary/aromatic N) is 2. The summed E-state index contributed by atoms with van der Waals surface area (Å²) in [5, 5.41) is 0. The molecule has 0 saturated carbocycles. The van der Waals surface area contributed by atoms with Crippen molar-refractivity contribution in [3.63, 3.8) is 0 Å². The van der Waals surface area contributed by atoms with Gasteiger partial charge in [-0.25, -0.2) is 9.37 Å². The topological polar surface area (TPSA) is 70.1 Å². The number of nitrogens with two attached hydrogens (primary N) is 1. The smallest absolute Gasteiger partial charge is 0.313 e. The van der Waals surface area contributed by atoms with Crippen molar-refractivity contribution in [1.29, 1.82) is 0 Å². The first-order valence-corrected chi connectivity index (χ1v) is 6.26. The molecule has 20 heavy (non-hydrogen) atoms. The van der Waals surface area contributed by atoms with E-state index in [4.69, 9.17) is 10.5 Å². The first-order valence-electron chi connectivity index (χ1n) is 6.26. The lowest BCUT2D eigenvalue weighted by molar-refractivity contribution is 0.409. The van der Waals surface area contributed by atoms with E-state index in [-0.39, 0.29) is 24.2 Å². The number of ether oxygens (including phenoxy) is 1. The van der Waals surface area contributed by atoms with Crippen LogP contribution in [0.2, 0.25) is 0 Å². The van der Waals surface area contributed by atoms with Crippen molar-refractivity contribution in [2.75, 3.05) is 0 Å². The molecule has 0 spiro atoms. The third kappa shape index (κ3) is 2.85. The maximum atomic E-state index is 13.8. The molecule has 0 aliphatic carbocycles. The number of aromatic nitrogens is 2. The predicted octanol–water partition coefficient (Wildman–Crippen LogP) is 2.21. The first-order chi connectivity index (χ1) is 9.52. The van der Waals surface area contributed by atoms with Gasteiger partial charge in [-0.05, 0) is 31.5 Å². The zero-order valence-corrected chi connectivity index (χ0v) is 11.3. The number of hydrogen-bond donors (Lipinski definition) is 1. The second kappa shape index (κ2) is 5.83. The summed E-state index contributed by atoms with van der Waals surface area (Å²) in [5.74, 6) is -0.775. The van der Waals surface area contributed by atoms with Crippen molar-refractivity contribution in [1.82, 2.24) is 9.55 Å². The van der Waals surface area contributed by atoms with Gasteiger partial charge in [-0.2, -0.15) is 0 Å². The second-order valence-electron chi connectivity index (χ2n) is 4.61. The first kappa shape index (κ1) is 14.2. The normalized spacial score (nSPS) is 10.8. The fourth-order valence-electron chi connectivity index (χ4n) is 1.74. The van der Waals surface area contributed by atoms with Gasteiger partial charge in [0.1, 0.15) is 0 Å². The highest BCUT2D eigenvalue weighted by Crippen LogP contribution is 2.22. The van der Waals surface area contributed by atoms with Gasteiger partial charge in [0, 0.05) is 25.0 Å². The van der Waals surface area contributed by atoms with Crippen molar-refractivity contribution < 1.29 is 9.13 Å². The minimum Gasteiger partial charge on any atom is -0.432 e. The molecule has 0 saturated heterocycles. The van der Waals surface area contributed by atoms with Crippen LogP contribution in [0.15, 0.2) is 35.4 Å². The largest absolute Gasteiger partial charge is 0.432 e. The van der Waals surface area contributed by atoms with Gasteiger partial charge in [-0.1, -0.05) is 6.07 Å². The Morgan fingerprint density at radius 2 is 2.20 bits per heavy atom. The molecule has 0 radical (unpaired) electrons. The van der Waals surface area contributed by atoms with Crippen LogP contribution in [0.25, 0.3) is 0 Å². The van der Waals surface area contributed by atoms with Crippen LogP contribution in [-0.2, 0) is 6.54 Å². The molecule has 6 heteroatoms. The lowest BCUT2D eigenvalue weighted by Gasteiger charge is -2.11. The Bertz CT molecular complexity index is 668. The summed E-state index contributed by atoms with van der Waals surface area (Å²) in [6.07, 6.45) is 3.01. The van der Waals surface area contributed by atoms with Crippen molar-refractivity contribution in [2.45, 2.75) is 26.4 Å². The van der Waals surface area contributed by atoms with E-state index < -0.39 is 11.4 Å². The lowest BCUT2D eigenvalue weighted by atomic mass is 10.2. The molecule has 0 fully saturated rings. The third-order valence-corrected chi connectivity index (χ3v) is 2.83. The van der Waals surface area contributed by atoms with Gasteiger partial charge in [0.25, 0.3) is 5.88 Å². The summed E-state index contributed by atoms with van der Waals surface area (Å²) in [6.45, 7) is 3.96. The van der Waals surface area contributed by atoms with E-state index in [9.17, 15) is 9.18 Å². The van der Waals surface area contributed by atoms with Crippen molar-refractivity contribution in [2.24, 2.45) is 5.73 Å². The van der Waals surface area contributed by atoms with Gasteiger partial charge < -0.3 is 15.0 Å². The lowest BCUT2D eigenvalue weighted by Crippen LogP contribution is -2.23. The molecule has 1 heterocycles. The molecule has 5 nitrogen and oxygen atoms in total. The molecule has 1 aromatic carbocycles. The Morgan fingerprint density at radius 3 is 2.80 bits per heavy atom. The average molecular weight is 277 g/mol. The van der Waals surface area contributed by atoms with Gasteiger partial charge in [0.15, 0.2) is 11.6 Å². The maximum absolute atomic E-state index is 13.8. The highest BCUT2D eigenvalue weighted by molar-refractivity contribution is 5.31. The SMILES string of the molecule is CC(C)n1ccnc(Oc2ccc(CN)cc2F)c1=O. The van der Waals surface area contributed by atoms with E-state index in [0.29, 0.717) is 5.56 Å². The van der Waals surface area contributed by atoms with E-state index in [2.05, 4.69) is 4.98 Å². The van der Waals surface area contributed by atoms with Gasteiger partial charge in [0.2, 0.25) is 0 Å². The summed E-state index contributed by atoms with van der Waals surface area (Å²) in [6, 6.07) is 4.32. The maximum Gasteiger partial charge on any atom is 0.313 e. The van der Waals surface area contributed by atoms with Gasteiger partial charge in [0.05, 0.1) is 0 Å². The molecule has 0 aliphatic rings. The summed E-state index contributed by atoms with van der Waals surface area (Å²) < 4.78 is 20.5.